The molecule has 0 atom stereocenters. The monoisotopic (exact) mass is 148 g/mol. The summed E-state index contributed by atoms with van der Waals surface area (Å²) in [6, 6.07) is 5.54. The Morgan fingerprint density at radius 2 is 2.36 bits per heavy atom. The average molecular weight is 148 g/mol. The van der Waals surface area contributed by atoms with E-state index in [1.165, 1.54) is 0 Å². The fourth-order valence-corrected chi connectivity index (χ4v) is 1.08. The molecule has 0 saturated heterocycles. The highest BCUT2D eigenvalue weighted by molar-refractivity contribution is 5.66. The Morgan fingerprint density at radius 3 is 3.27 bits per heavy atom. The van der Waals surface area contributed by atoms with Crippen LogP contribution < -0.4 is 10.6 Å². The zero-order valence-electron chi connectivity index (χ0n) is 5.95. The average Bonchev–Trinajstić information content (AvgIpc) is 2.04. The molecule has 0 aromatic heterocycles. The zero-order chi connectivity index (χ0) is 7.68. The molecule has 3 heteroatoms. The zero-order valence-corrected chi connectivity index (χ0v) is 5.95. The van der Waals surface area contributed by atoms with Gasteiger partial charge in [-0.05, 0) is 18.2 Å². The molecular formula is C8H8N2O. The van der Waals surface area contributed by atoms with Crippen LogP contribution in [0.15, 0.2) is 23.4 Å². The molecule has 0 spiro atoms. The number of fused-ring (bicyclic) bond motifs is 1. The van der Waals surface area contributed by atoms with Crippen molar-refractivity contribution in [3.8, 4) is 5.75 Å². The minimum Gasteiger partial charge on any atom is -0.399 e. The first-order valence-corrected chi connectivity index (χ1v) is 3.43. The number of nitrogens with zero attached hydrogens (tertiary/aromatic N) is 1. The molecule has 0 amide bonds. The first-order valence-electron chi connectivity index (χ1n) is 3.43. The van der Waals surface area contributed by atoms with Gasteiger partial charge in [0.15, 0.2) is 5.75 Å². The van der Waals surface area contributed by atoms with Crippen molar-refractivity contribution < 1.29 is 4.84 Å². The molecule has 1 aromatic rings. The lowest BCUT2D eigenvalue weighted by Crippen LogP contribution is -2.00. The lowest BCUT2D eigenvalue weighted by atomic mass is 10.1. The SMILES string of the molecule is Nc1ccc2c(c1)CC=NO2. The van der Waals surface area contributed by atoms with Crippen LogP contribution in [0, 0.1) is 0 Å². The molecule has 0 saturated carbocycles. The maximum atomic E-state index is 5.58. The van der Waals surface area contributed by atoms with Crippen LogP contribution in [0.25, 0.3) is 0 Å². The van der Waals surface area contributed by atoms with Gasteiger partial charge in [0.2, 0.25) is 0 Å². The Bertz CT molecular complexity index is 307. The topological polar surface area (TPSA) is 47.6 Å². The number of oxime groups is 1. The summed E-state index contributed by atoms with van der Waals surface area (Å²) >= 11 is 0. The fraction of sp³-hybridized carbons (Fsp3) is 0.125. The lowest BCUT2D eigenvalue weighted by molar-refractivity contribution is 0.334. The van der Waals surface area contributed by atoms with Crippen LogP contribution in [-0.4, -0.2) is 6.21 Å². The van der Waals surface area contributed by atoms with Gasteiger partial charge in [-0.1, -0.05) is 5.16 Å². The van der Waals surface area contributed by atoms with Gasteiger partial charge in [-0.2, -0.15) is 0 Å². The fourth-order valence-electron chi connectivity index (χ4n) is 1.08. The Kier molecular flexibility index (Phi) is 1.28. The number of anilines is 1. The number of nitrogen functional groups attached to an aromatic ring is 1. The summed E-state index contributed by atoms with van der Waals surface area (Å²) in [5.41, 5.74) is 7.45. The summed E-state index contributed by atoms with van der Waals surface area (Å²) in [4.78, 5) is 4.99. The second kappa shape index (κ2) is 2.27. The molecule has 3 nitrogen and oxygen atoms in total. The van der Waals surface area contributed by atoms with Crippen molar-refractivity contribution in [2.75, 3.05) is 5.73 Å². The summed E-state index contributed by atoms with van der Waals surface area (Å²) in [5.74, 6) is 0.807. The Balaban J connectivity index is 2.48. The van der Waals surface area contributed by atoms with Gasteiger partial charge in [-0.15, -0.1) is 0 Å². The highest BCUT2D eigenvalue weighted by Crippen LogP contribution is 2.23. The van der Waals surface area contributed by atoms with E-state index in [1.807, 2.05) is 12.1 Å². The van der Waals surface area contributed by atoms with Crippen LogP contribution in [0.3, 0.4) is 0 Å². The van der Waals surface area contributed by atoms with Crippen molar-refractivity contribution in [2.24, 2.45) is 5.16 Å². The quantitative estimate of drug-likeness (QED) is 0.562. The van der Waals surface area contributed by atoms with Crippen molar-refractivity contribution in [1.82, 2.24) is 0 Å². The molecule has 0 bridgehead atoms. The second-order valence-corrected chi connectivity index (χ2v) is 2.45. The van der Waals surface area contributed by atoms with Crippen LogP contribution in [0.5, 0.6) is 5.75 Å². The van der Waals surface area contributed by atoms with Gasteiger partial charge in [0.05, 0.1) is 0 Å². The van der Waals surface area contributed by atoms with E-state index in [0.29, 0.717) is 0 Å². The van der Waals surface area contributed by atoms with Gasteiger partial charge in [0, 0.05) is 23.9 Å². The van der Waals surface area contributed by atoms with Crippen LogP contribution in [0.4, 0.5) is 5.69 Å². The van der Waals surface area contributed by atoms with Gasteiger partial charge in [0.1, 0.15) is 0 Å². The first kappa shape index (κ1) is 6.22. The normalized spacial score (nSPS) is 13.8. The van der Waals surface area contributed by atoms with Gasteiger partial charge in [0.25, 0.3) is 0 Å². The van der Waals surface area contributed by atoms with Gasteiger partial charge < -0.3 is 10.6 Å². The number of hydrogen-bond acceptors (Lipinski definition) is 3. The number of rotatable bonds is 0. The minimum absolute atomic E-state index is 0.766. The van der Waals surface area contributed by atoms with Gasteiger partial charge >= 0.3 is 0 Å². The lowest BCUT2D eigenvalue weighted by Gasteiger charge is -2.09. The van der Waals surface area contributed by atoms with Crippen LogP contribution in [0.1, 0.15) is 5.56 Å². The Labute approximate surface area is 64.5 Å². The third-order valence-corrected chi connectivity index (χ3v) is 1.62. The molecular weight excluding hydrogens is 140 g/mol. The number of benzene rings is 1. The molecule has 0 fully saturated rings. The number of nitrogens with two attached hydrogens (primary N) is 1. The van der Waals surface area contributed by atoms with E-state index in [1.54, 1.807) is 12.3 Å². The highest BCUT2D eigenvalue weighted by atomic mass is 16.6. The Hall–Kier alpha value is -1.51. The van der Waals surface area contributed by atoms with Crippen LogP contribution >= 0.6 is 0 Å². The molecule has 1 heterocycles. The molecule has 2 N–H and O–H groups in total. The van der Waals surface area contributed by atoms with Crippen molar-refractivity contribution >= 4 is 11.9 Å². The molecule has 0 aliphatic carbocycles. The molecule has 2 rings (SSSR count). The minimum atomic E-state index is 0.766. The predicted octanol–water partition coefficient (Wildman–Crippen LogP) is 1.19. The summed E-state index contributed by atoms with van der Waals surface area (Å²) in [5, 5.41) is 3.68. The first-order chi connectivity index (χ1) is 5.36. The second-order valence-electron chi connectivity index (χ2n) is 2.45. The maximum absolute atomic E-state index is 5.58. The largest absolute Gasteiger partial charge is 0.399 e. The van der Waals surface area contributed by atoms with E-state index in [4.69, 9.17) is 10.6 Å². The summed E-state index contributed by atoms with van der Waals surface area (Å²) in [7, 11) is 0. The van der Waals surface area contributed by atoms with E-state index in [2.05, 4.69) is 5.16 Å². The van der Waals surface area contributed by atoms with E-state index in [0.717, 1.165) is 23.4 Å². The van der Waals surface area contributed by atoms with Crippen molar-refractivity contribution in [2.45, 2.75) is 6.42 Å². The molecule has 11 heavy (non-hydrogen) atoms. The van der Waals surface area contributed by atoms with Gasteiger partial charge in [-0.25, -0.2) is 0 Å². The molecule has 1 aliphatic heterocycles. The van der Waals surface area contributed by atoms with Crippen LogP contribution in [0.2, 0.25) is 0 Å². The van der Waals surface area contributed by atoms with Gasteiger partial charge in [-0.3, -0.25) is 0 Å². The van der Waals surface area contributed by atoms with Crippen molar-refractivity contribution in [3.05, 3.63) is 23.8 Å². The maximum Gasteiger partial charge on any atom is 0.161 e. The summed E-state index contributed by atoms with van der Waals surface area (Å²) in [6.45, 7) is 0. The predicted molar refractivity (Wildman–Crippen MR) is 43.7 cm³/mol. The third-order valence-electron chi connectivity index (χ3n) is 1.62. The molecule has 1 aliphatic rings. The Morgan fingerprint density at radius 1 is 1.45 bits per heavy atom. The van der Waals surface area contributed by atoms with Crippen molar-refractivity contribution in [1.29, 1.82) is 0 Å². The van der Waals surface area contributed by atoms with E-state index in [-0.39, 0.29) is 0 Å². The van der Waals surface area contributed by atoms with E-state index >= 15 is 0 Å². The number of hydrogen-bond donors (Lipinski definition) is 1. The standard InChI is InChI=1S/C8H8N2O/c9-7-1-2-8-6(5-7)3-4-10-11-8/h1-2,4-5H,3,9H2. The molecule has 0 unspecified atom stereocenters. The van der Waals surface area contributed by atoms with Crippen LogP contribution in [-0.2, 0) is 6.42 Å². The third kappa shape index (κ3) is 1.05. The summed E-state index contributed by atoms with van der Waals surface area (Å²) in [6.07, 6.45) is 2.53. The van der Waals surface area contributed by atoms with Crippen molar-refractivity contribution in [3.63, 3.8) is 0 Å². The highest BCUT2D eigenvalue weighted by Gasteiger charge is 2.06. The van der Waals surface area contributed by atoms with E-state index in [9.17, 15) is 0 Å². The summed E-state index contributed by atoms with van der Waals surface area (Å²) < 4.78 is 0. The molecule has 1 aromatic carbocycles. The smallest absolute Gasteiger partial charge is 0.161 e. The van der Waals surface area contributed by atoms with E-state index < -0.39 is 0 Å². The molecule has 56 valence electrons. The molecule has 0 radical (unpaired) electrons.